The van der Waals surface area contributed by atoms with Crippen LogP contribution in [0.25, 0.3) is 0 Å². The lowest BCUT2D eigenvalue weighted by atomic mass is 9.79. The van der Waals surface area contributed by atoms with Gasteiger partial charge in [0.15, 0.2) is 0 Å². The van der Waals surface area contributed by atoms with Crippen molar-refractivity contribution in [2.75, 3.05) is 6.54 Å². The summed E-state index contributed by atoms with van der Waals surface area (Å²) in [5.74, 6) is 0.0144. The molecule has 0 radical (unpaired) electrons. The second kappa shape index (κ2) is 5.41. The van der Waals surface area contributed by atoms with Crippen LogP contribution >= 0.6 is 11.6 Å². The second-order valence-electron chi connectivity index (χ2n) is 4.72. The van der Waals surface area contributed by atoms with Crippen molar-refractivity contribution in [3.05, 3.63) is 28.8 Å². The third-order valence-corrected chi connectivity index (χ3v) is 4.01. The van der Waals surface area contributed by atoms with Gasteiger partial charge in [0.05, 0.1) is 5.02 Å². The predicted molar refractivity (Wildman–Crippen MR) is 67.3 cm³/mol. The summed E-state index contributed by atoms with van der Waals surface area (Å²) in [5.41, 5.74) is 6.85. The zero-order chi connectivity index (χ0) is 13.2. The van der Waals surface area contributed by atoms with Crippen LogP contribution in [-0.2, 0) is 5.41 Å². The van der Waals surface area contributed by atoms with Crippen LogP contribution in [0.4, 0.5) is 8.78 Å². The molecule has 0 amide bonds. The average Bonchev–Trinajstić information content (AvgIpc) is 2.81. The third-order valence-electron chi connectivity index (χ3n) is 3.71. The van der Waals surface area contributed by atoms with Crippen molar-refractivity contribution in [1.82, 2.24) is 0 Å². The fourth-order valence-corrected chi connectivity index (χ4v) is 2.91. The molecule has 5 heteroatoms. The minimum Gasteiger partial charge on any atom is -0.433 e. The van der Waals surface area contributed by atoms with Gasteiger partial charge >= 0.3 is 6.61 Å². The van der Waals surface area contributed by atoms with Gasteiger partial charge in [-0.2, -0.15) is 8.78 Å². The second-order valence-corrected chi connectivity index (χ2v) is 5.12. The van der Waals surface area contributed by atoms with E-state index in [-0.39, 0.29) is 16.2 Å². The van der Waals surface area contributed by atoms with Gasteiger partial charge in [-0.05, 0) is 30.5 Å². The van der Waals surface area contributed by atoms with E-state index in [9.17, 15) is 8.78 Å². The Labute approximate surface area is 110 Å². The first kappa shape index (κ1) is 13.6. The number of halogens is 3. The lowest BCUT2D eigenvalue weighted by Crippen LogP contribution is -2.31. The van der Waals surface area contributed by atoms with Gasteiger partial charge in [0.25, 0.3) is 0 Å². The highest BCUT2D eigenvalue weighted by Gasteiger charge is 2.34. The van der Waals surface area contributed by atoms with E-state index in [1.165, 1.54) is 6.07 Å². The van der Waals surface area contributed by atoms with Gasteiger partial charge in [0.2, 0.25) is 0 Å². The monoisotopic (exact) mass is 275 g/mol. The molecule has 100 valence electrons. The Hall–Kier alpha value is -0.870. The average molecular weight is 276 g/mol. The van der Waals surface area contributed by atoms with E-state index in [1.807, 2.05) is 0 Å². The summed E-state index contributed by atoms with van der Waals surface area (Å²) in [6.07, 6.45) is 4.33. The van der Waals surface area contributed by atoms with Crippen LogP contribution in [0.2, 0.25) is 5.02 Å². The van der Waals surface area contributed by atoms with E-state index in [1.54, 1.807) is 12.1 Å². The molecule has 0 spiro atoms. The van der Waals surface area contributed by atoms with Gasteiger partial charge in [0, 0.05) is 12.0 Å². The van der Waals surface area contributed by atoms with E-state index >= 15 is 0 Å². The first-order valence-corrected chi connectivity index (χ1v) is 6.40. The highest BCUT2D eigenvalue weighted by atomic mass is 35.5. The molecular weight excluding hydrogens is 260 g/mol. The molecule has 0 unspecified atom stereocenters. The van der Waals surface area contributed by atoms with E-state index in [0.717, 1.165) is 31.2 Å². The number of nitrogens with two attached hydrogens (primary N) is 1. The number of rotatable bonds is 4. The van der Waals surface area contributed by atoms with Crippen molar-refractivity contribution < 1.29 is 13.5 Å². The van der Waals surface area contributed by atoms with Crippen LogP contribution in [0.5, 0.6) is 5.75 Å². The summed E-state index contributed by atoms with van der Waals surface area (Å²) in [6, 6.07) is 5.00. The number of hydrogen-bond acceptors (Lipinski definition) is 2. The molecule has 2 rings (SSSR count). The number of benzene rings is 1. The summed E-state index contributed by atoms with van der Waals surface area (Å²) < 4.78 is 28.6. The molecule has 18 heavy (non-hydrogen) atoms. The minimum absolute atomic E-state index is 0.0144. The molecule has 1 saturated carbocycles. The Morgan fingerprint density at radius 1 is 1.33 bits per heavy atom. The SMILES string of the molecule is NCC1(c2ccc(OC(F)F)c(Cl)c2)CCCC1. The Balaban J connectivity index is 2.27. The summed E-state index contributed by atoms with van der Waals surface area (Å²) in [5, 5.41) is 0.215. The van der Waals surface area contributed by atoms with Crippen molar-refractivity contribution in [2.45, 2.75) is 37.7 Å². The zero-order valence-electron chi connectivity index (χ0n) is 9.96. The summed E-state index contributed by atoms with van der Waals surface area (Å²) in [4.78, 5) is 0. The van der Waals surface area contributed by atoms with Crippen molar-refractivity contribution in [3.63, 3.8) is 0 Å². The van der Waals surface area contributed by atoms with Crippen LogP contribution in [0.15, 0.2) is 18.2 Å². The lowest BCUT2D eigenvalue weighted by molar-refractivity contribution is -0.0498. The molecule has 1 aliphatic rings. The molecule has 2 N–H and O–H groups in total. The lowest BCUT2D eigenvalue weighted by Gasteiger charge is -2.28. The maximum absolute atomic E-state index is 12.1. The maximum atomic E-state index is 12.1. The molecule has 1 fully saturated rings. The Bertz CT molecular complexity index is 419. The fraction of sp³-hybridized carbons (Fsp3) is 0.538. The van der Waals surface area contributed by atoms with Crippen LogP contribution in [0.1, 0.15) is 31.2 Å². The van der Waals surface area contributed by atoms with Gasteiger partial charge in [0.1, 0.15) is 5.75 Å². The van der Waals surface area contributed by atoms with E-state index in [0.29, 0.717) is 6.54 Å². The van der Waals surface area contributed by atoms with Crippen molar-refractivity contribution in [3.8, 4) is 5.75 Å². The van der Waals surface area contributed by atoms with Gasteiger partial charge in [-0.1, -0.05) is 30.5 Å². The third kappa shape index (κ3) is 2.59. The van der Waals surface area contributed by atoms with E-state index < -0.39 is 6.61 Å². The first-order valence-electron chi connectivity index (χ1n) is 6.02. The number of alkyl halides is 2. The van der Waals surface area contributed by atoms with Gasteiger partial charge < -0.3 is 10.5 Å². The summed E-state index contributed by atoms with van der Waals surface area (Å²) in [6.45, 7) is -2.30. The molecule has 0 aromatic heterocycles. The normalized spacial score (nSPS) is 18.3. The molecular formula is C13H16ClF2NO. The number of ether oxygens (including phenoxy) is 1. The molecule has 0 aliphatic heterocycles. The van der Waals surface area contributed by atoms with Gasteiger partial charge in [-0.25, -0.2) is 0 Å². The quantitative estimate of drug-likeness (QED) is 0.909. The zero-order valence-corrected chi connectivity index (χ0v) is 10.7. The summed E-state index contributed by atoms with van der Waals surface area (Å²) >= 11 is 5.97. The molecule has 1 aromatic carbocycles. The van der Waals surface area contributed by atoms with E-state index in [4.69, 9.17) is 17.3 Å². The molecule has 0 atom stereocenters. The number of hydrogen-bond donors (Lipinski definition) is 1. The first-order chi connectivity index (χ1) is 8.57. The molecule has 1 aliphatic carbocycles. The smallest absolute Gasteiger partial charge is 0.387 e. The maximum Gasteiger partial charge on any atom is 0.387 e. The standard InChI is InChI=1S/C13H16ClF2NO/c14-10-7-9(3-4-11(10)18-12(15)16)13(8-17)5-1-2-6-13/h3-4,7,12H,1-2,5-6,8,17H2. The molecule has 0 heterocycles. The molecule has 1 aromatic rings. The van der Waals surface area contributed by atoms with Gasteiger partial charge in [-0.15, -0.1) is 0 Å². The Morgan fingerprint density at radius 3 is 2.50 bits per heavy atom. The molecule has 0 saturated heterocycles. The fourth-order valence-electron chi connectivity index (χ4n) is 2.68. The Morgan fingerprint density at radius 2 is 2.00 bits per heavy atom. The van der Waals surface area contributed by atoms with Crippen LogP contribution in [-0.4, -0.2) is 13.2 Å². The molecule has 0 bridgehead atoms. The minimum atomic E-state index is -2.86. The highest BCUT2D eigenvalue weighted by molar-refractivity contribution is 6.32. The summed E-state index contributed by atoms with van der Waals surface area (Å²) in [7, 11) is 0. The van der Waals surface area contributed by atoms with E-state index in [2.05, 4.69) is 4.74 Å². The van der Waals surface area contributed by atoms with Gasteiger partial charge in [-0.3, -0.25) is 0 Å². The topological polar surface area (TPSA) is 35.2 Å². The highest BCUT2D eigenvalue weighted by Crippen LogP contribution is 2.42. The van der Waals surface area contributed by atoms with Crippen molar-refractivity contribution in [1.29, 1.82) is 0 Å². The molecule has 2 nitrogen and oxygen atoms in total. The Kier molecular flexibility index (Phi) is 4.07. The largest absolute Gasteiger partial charge is 0.433 e. The van der Waals surface area contributed by atoms with Crippen molar-refractivity contribution >= 4 is 11.6 Å². The predicted octanol–water partition coefficient (Wildman–Crippen LogP) is 3.71. The van der Waals surface area contributed by atoms with Crippen LogP contribution in [0.3, 0.4) is 0 Å². The van der Waals surface area contributed by atoms with Crippen LogP contribution < -0.4 is 10.5 Å². The van der Waals surface area contributed by atoms with Crippen LogP contribution in [0, 0.1) is 0 Å². The van der Waals surface area contributed by atoms with Crippen molar-refractivity contribution in [2.24, 2.45) is 5.73 Å².